The van der Waals surface area contributed by atoms with Gasteiger partial charge in [0.05, 0.1) is 12.4 Å². The van der Waals surface area contributed by atoms with Crippen LogP contribution in [0.4, 0.5) is 0 Å². The lowest BCUT2D eigenvalue weighted by Crippen LogP contribution is -2.33. The molecule has 0 radical (unpaired) electrons. The molecule has 3 aromatic rings. The fourth-order valence-corrected chi connectivity index (χ4v) is 2.24. The van der Waals surface area contributed by atoms with Crippen molar-refractivity contribution in [1.29, 1.82) is 0 Å². The predicted molar refractivity (Wildman–Crippen MR) is 95.8 cm³/mol. The molecule has 0 saturated carbocycles. The molecule has 128 valence electrons. The Balaban J connectivity index is 1.96. The SMILES string of the molecule is O=C(c1ccncc1)N(/N=C/c1cccc(Cl)c1)C(=O)c1cnccn1. The van der Waals surface area contributed by atoms with Gasteiger partial charge in [-0.25, -0.2) is 4.98 Å². The summed E-state index contributed by atoms with van der Waals surface area (Å²) in [5.41, 5.74) is 0.899. The van der Waals surface area contributed by atoms with Crippen LogP contribution in [0.5, 0.6) is 0 Å². The lowest BCUT2D eigenvalue weighted by Gasteiger charge is -2.14. The Kier molecular flexibility index (Phi) is 5.40. The molecule has 0 atom stereocenters. The van der Waals surface area contributed by atoms with E-state index in [0.29, 0.717) is 10.6 Å². The molecule has 1 aromatic carbocycles. The molecule has 2 heterocycles. The van der Waals surface area contributed by atoms with Gasteiger partial charge < -0.3 is 0 Å². The molecule has 26 heavy (non-hydrogen) atoms. The van der Waals surface area contributed by atoms with Crippen LogP contribution in [0.25, 0.3) is 0 Å². The van der Waals surface area contributed by atoms with Crippen molar-refractivity contribution in [2.24, 2.45) is 5.10 Å². The number of hydrazone groups is 1. The molecule has 0 aliphatic rings. The molecule has 0 spiro atoms. The normalized spacial score (nSPS) is 10.7. The highest BCUT2D eigenvalue weighted by atomic mass is 35.5. The van der Waals surface area contributed by atoms with Crippen LogP contribution in [0.3, 0.4) is 0 Å². The Hall–Kier alpha value is -3.45. The average Bonchev–Trinajstić information content (AvgIpc) is 2.69. The van der Waals surface area contributed by atoms with Crippen LogP contribution < -0.4 is 0 Å². The van der Waals surface area contributed by atoms with Gasteiger partial charge in [0.1, 0.15) is 5.69 Å². The van der Waals surface area contributed by atoms with Crippen molar-refractivity contribution in [3.8, 4) is 0 Å². The molecule has 0 N–H and O–H groups in total. The summed E-state index contributed by atoms with van der Waals surface area (Å²) in [6, 6.07) is 9.85. The van der Waals surface area contributed by atoms with Crippen LogP contribution in [0, 0.1) is 0 Å². The van der Waals surface area contributed by atoms with Gasteiger partial charge in [0, 0.05) is 35.4 Å². The van der Waals surface area contributed by atoms with Crippen molar-refractivity contribution in [3.63, 3.8) is 0 Å². The van der Waals surface area contributed by atoms with Gasteiger partial charge in [0.2, 0.25) is 0 Å². The molecule has 0 saturated heterocycles. The Morgan fingerprint density at radius 2 is 1.81 bits per heavy atom. The van der Waals surface area contributed by atoms with E-state index in [9.17, 15) is 9.59 Å². The number of hydrogen-bond acceptors (Lipinski definition) is 6. The van der Waals surface area contributed by atoms with E-state index >= 15 is 0 Å². The number of hydrogen-bond donors (Lipinski definition) is 0. The maximum absolute atomic E-state index is 12.7. The van der Waals surface area contributed by atoms with Gasteiger partial charge in [-0.15, -0.1) is 0 Å². The van der Waals surface area contributed by atoms with Crippen molar-refractivity contribution >= 4 is 29.6 Å². The minimum atomic E-state index is -0.696. The van der Waals surface area contributed by atoms with Crippen LogP contribution in [-0.2, 0) is 0 Å². The van der Waals surface area contributed by atoms with Crippen molar-refractivity contribution in [1.82, 2.24) is 20.0 Å². The van der Waals surface area contributed by atoms with Crippen LogP contribution in [0.1, 0.15) is 26.4 Å². The number of pyridine rings is 1. The van der Waals surface area contributed by atoms with Crippen molar-refractivity contribution in [2.45, 2.75) is 0 Å². The van der Waals surface area contributed by atoms with Gasteiger partial charge in [-0.3, -0.25) is 19.6 Å². The summed E-state index contributed by atoms with van der Waals surface area (Å²) in [5, 5.41) is 5.30. The van der Waals surface area contributed by atoms with Gasteiger partial charge in [-0.05, 0) is 29.8 Å². The van der Waals surface area contributed by atoms with E-state index in [2.05, 4.69) is 20.1 Å². The Labute approximate surface area is 154 Å². The third-order valence-corrected chi connectivity index (χ3v) is 3.50. The third-order valence-electron chi connectivity index (χ3n) is 3.27. The fraction of sp³-hybridized carbons (Fsp3) is 0. The summed E-state index contributed by atoms with van der Waals surface area (Å²) in [4.78, 5) is 37.1. The minimum absolute atomic E-state index is 0.00171. The maximum Gasteiger partial charge on any atom is 0.301 e. The van der Waals surface area contributed by atoms with E-state index in [1.165, 1.54) is 49.3 Å². The zero-order valence-corrected chi connectivity index (χ0v) is 14.1. The predicted octanol–water partition coefficient (Wildman–Crippen LogP) is 2.84. The van der Waals surface area contributed by atoms with Gasteiger partial charge in [-0.2, -0.15) is 10.1 Å². The van der Waals surface area contributed by atoms with Crippen molar-refractivity contribution in [2.75, 3.05) is 0 Å². The Bertz CT molecular complexity index is 897. The Morgan fingerprint density at radius 3 is 2.50 bits per heavy atom. The zero-order valence-electron chi connectivity index (χ0n) is 13.4. The Morgan fingerprint density at radius 1 is 1.00 bits per heavy atom. The molecule has 0 aliphatic carbocycles. The third kappa shape index (κ3) is 4.14. The van der Waals surface area contributed by atoms with Gasteiger partial charge in [0.25, 0.3) is 5.91 Å². The molecular formula is C18H12ClN5O2. The molecular weight excluding hydrogens is 354 g/mol. The average molecular weight is 366 g/mol. The number of amides is 2. The highest BCUT2D eigenvalue weighted by Gasteiger charge is 2.25. The van der Waals surface area contributed by atoms with Gasteiger partial charge in [-0.1, -0.05) is 23.7 Å². The minimum Gasteiger partial charge on any atom is -0.267 e. The highest BCUT2D eigenvalue weighted by Crippen LogP contribution is 2.11. The van der Waals surface area contributed by atoms with Crippen molar-refractivity contribution < 1.29 is 9.59 Å². The van der Waals surface area contributed by atoms with E-state index in [1.54, 1.807) is 24.3 Å². The smallest absolute Gasteiger partial charge is 0.267 e. The van der Waals surface area contributed by atoms with Crippen LogP contribution in [0.15, 0.2) is 72.5 Å². The van der Waals surface area contributed by atoms with Crippen LogP contribution in [-0.4, -0.2) is 38.0 Å². The number of rotatable bonds is 4. The summed E-state index contributed by atoms with van der Waals surface area (Å²) in [5.74, 6) is -1.31. The number of carbonyl (C=O) groups excluding carboxylic acids is 2. The van der Waals surface area contributed by atoms with Gasteiger partial charge in [0.15, 0.2) is 0 Å². The molecule has 3 rings (SSSR count). The number of benzene rings is 1. The molecule has 0 aliphatic heterocycles. The first-order valence-corrected chi connectivity index (χ1v) is 7.87. The summed E-state index contributed by atoms with van der Waals surface area (Å²) in [7, 11) is 0. The molecule has 7 nitrogen and oxygen atoms in total. The monoisotopic (exact) mass is 365 g/mol. The van der Waals surface area contributed by atoms with E-state index in [-0.39, 0.29) is 11.3 Å². The number of carbonyl (C=O) groups is 2. The summed E-state index contributed by atoms with van der Waals surface area (Å²) in [6.45, 7) is 0. The first kappa shape index (κ1) is 17.4. The second kappa shape index (κ2) is 8.09. The zero-order chi connectivity index (χ0) is 18.4. The lowest BCUT2D eigenvalue weighted by molar-refractivity contribution is 0.0618. The fourth-order valence-electron chi connectivity index (χ4n) is 2.04. The van der Waals surface area contributed by atoms with Crippen LogP contribution in [0.2, 0.25) is 5.02 Å². The van der Waals surface area contributed by atoms with E-state index in [0.717, 1.165) is 5.01 Å². The summed E-state index contributed by atoms with van der Waals surface area (Å²) in [6.07, 6.45) is 8.35. The van der Waals surface area contributed by atoms with E-state index < -0.39 is 11.8 Å². The molecule has 2 aromatic heterocycles. The van der Waals surface area contributed by atoms with Gasteiger partial charge >= 0.3 is 5.91 Å². The van der Waals surface area contributed by atoms with Crippen molar-refractivity contribution in [3.05, 3.63) is 89.2 Å². The highest BCUT2D eigenvalue weighted by molar-refractivity contribution is 6.30. The largest absolute Gasteiger partial charge is 0.301 e. The summed E-state index contributed by atoms with van der Waals surface area (Å²) < 4.78 is 0. The molecule has 0 bridgehead atoms. The topological polar surface area (TPSA) is 88.4 Å². The standard InChI is InChI=1S/C18H12ClN5O2/c19-15-3-1-2-13(10-15)11-23-24(17(25)14-4-6-20-7-5-14)18(26)16-12-21-8-9-22-16/h1-12H/b23-11+. The second-order valence-corrected chi connectivity index (χ2v) is 5.48. The number of imide groups is 1. The van der Waals surface area contributed by atoms with E-state index in [4.69, 9.17) is 11.6 Å². The number of nitrogens with zero attached hydrogens (tertiary/aromatic N) is 5. The molecule has 0 unspecified atom stereocenters. The summed E-state index contributed by atoms with van der Waals surface area (Å²) >= 11 is 5.94. The molecule has 0 fully saturated rings. The van der Waals surface area contributed by atoms with Crippen LogP contribution >= 0.6 is 11.6 Å². The van der Waals surface area contributed by atoms with E-state index in [1.807, 2.05) is 0 Å². The molecule has 2 amide bonds. The molecule has 8 heteroatoms. The first-order chi connectivity index (χ1) is 12.6. The maximum atomic E-state index is 12.7. The number of halogens is 1. The number of aromatic nitrogens is 3. The lowest BCUT2D eigenvalue weighted by atomic mass is 10.2. The first-order valence-electron chi connectivity index (χ1n) is 7.49. The quantitative estimate of drug-likeness (QED) is 0.403. The second-order valence-electron chi connectivity index (χ2n) is 5.05.